The molecule has 1 aliphatic heterocycles. The first-order valence-electron chi connectivity index (χ1n) is 7.00. The van der Waals surface area contributed by atoms with Gasteiger partial charge in [0.25, 0.3) is 0 Å². The van der Waals surface area contributed by atoms with Gasteiger partial charge in [-0.2, -0.15) is 0 Å². The molecule has 1 atom stereocenters. The zero-order valence-corrected chi connectivity index (χ0v) is 11.6. The first-order valence-corrected chi connectivity index (χ1v) is 7.00. The molecule has 0 aromatic carbocycles. The van der Waals surface area contributed by atoms with Crippen LogP contribution in [-0.2, 0) is 9.59 Å². The summed E-state index contributed by atoms with van der Waals surface area (Å²) >= 11 is 0. The second-order valence-electron chi connectivity index (χ2n) is 5.56. The van der Waals surface area contributed by atoms with Gasteiger partial charge in [0.15, 0.2) is 0 Å². The molecule has 1 saturated carbocycles. The Morgan fingerprint density at radius 1 is 1.30 bits per heavy atom. The van der Waals surface area contributed by atoms with Crippen LogP contribution in [0.5, 0.6) is 0 Å². The number of urea groups is 1. The molecule has 1 aliphatic carbocycles. The molecule has 7 nitrogen and oxygen atoms in total. The fraction of sp³-hybridized carbons (Fsp3) is 0.769. The van der Waals surface area contributed by atoms with Crippen LogP contribution < -0.4 is 10.6 Å². The van der Waals surface area contributed by atoms with Gasteiger partial charge in [-0.05, 0) is 25.7 Å². The highest BCUT2D eigenvalue weighted by Gasteiger charge is 2.45. The summed E-state index contributed by atoms with van der Waals surface area (Å²) in [5.74, 6) is -1.03. The fourth-order valence-corrected chi connectivity index (χ4v) is 2.87. The van der Waals surface area contributed by atoms with Crippen molar-refractivity contribution in [2.45, 2.75) is 38.1 Å². The summed E-state index contributed by atoms with van der Waals surface area (Å²) in [6, 6.07) is -0.786. The molecule has 7 heteroatoms. The molecule has 2 aliphatic rings. The van der Waals surface area contributed by atoms with Gasteiger partial charge in [0.1, 0.15) is 6.04 Å². The number of nitrogens with zero attached hydrogens (tertiary/aromatic N) is 1. The fourth-order valence-electron chi connectivity index (χ4n) is 2.87. The van der Waals surface area contributed by atoms with E-state index in [-0.39, 0.29) is 18.5 Å². The van der Waals surface area contributed by atoms with E-state index in [0.717, 1.165) is 12.8 Å². The van der Waals surface area contributed by atoms with Gasteiger partial charge in [0.05, 0.1) is 5.41 Å². The first kappa shape index (κ1) is 14.6. The third-order valence-electron chi connectivity index (χ3n) is 4.41. The quantitative estimate of drug-likeness (QED) is 0.684. The lowest BCUT2D eigenvalue weighted by Gasteiger charge is -2.38. The van der Waals surface area contributed by atoms with Crippen molar-refractivity contribution in [1.82, 2.24) is 15.5 Å². The highest BCUT2D eigenvalue weighted by atomic mass is 16.4. The van der Waals surface area contributed by atoms with Crippen LogP contribution in [-0.4, -0.2) is 54.1 Å². The number of amides is 3. The Morgan fingerprint density at radius 3 is 2.50 bits per heavy atom. The van der Waals surface area contributed by atoms with Gasteiger partial charge in [-0.15, -0.1) is 0 Å². The average molecular weight is 283 g/mol. The summed E-state index contributed by atoms with van der Waals surface area (Å²) in [7, 11) is 1.55. The van der Waals surface area contributed by atoms with Crippen molar-refractivity contribution in [2.75, 3.05) is 20.1 Å². The van der Waals surface area contributed by atoms with Gasteiger partial charge < -0.3 is 20.6 Å². The van der Waals surface area contributed by atoms with E-state index >= 15 is 0 Å². The van der Waals surface area contributed by atoms with E-state index in [1.165, 1.54) is 4.90 Å². The van der Waals surface area contributed by atoms with Crippen LogP contribution in [0.4, 0.5) is 4.79 Å². The normalized spacial score (nSPS) is 23.9. The van der Waals surface area contributed by atoms with Gasteiger partial charge in [-0.3, -0.25) is 9.59 Å². The lowest BCUT2D eigenvalue weighted by atomic mass is 9.69. The largest absolute Gasteiger partial charge is 0.481 e. The van der Waals surface area contributed by atoms with Gasteiger partial charge in [0.2, 0.25) is 5.91 Å². The highest BCUT2D eigenvalue weighted by Crippen LogP contribution is 2.40. The molecule has 0 radical (unpaired) electrons. The Balaban J connectivity index is 1.91. The molecule has 1 heterocycles. The molecule has 0 spiro atoms. The molecule has 2 rings (SSSR count). The Labute approximate surface area is 117 Å². The van der Waals surface area contributed by atoms with Crippen molar-refractivity contribution in [1.29, 1.82) is 0 Å². The number of hydrogen-bond donors (Lipinski definition) is 3. The van der Waals surface area contributed by atoms with E-state index in [1.807, 2.05) is 0 Å². The number of likely N-dealkylation sites (tertiary alicyclic amines) is 1. The Morgan fingerprint density at radius 2 is 2.00 bits per heavy atom. The minimum absolute atomic E-state index is 0.137. The number of carboxylic acids is 1. The molecule has 3 amide bonds. The molecule has 2 fully saturated rings. The number of carboxylic acid groups (broad SMARTS) is 1. The Kier molecular flexibility index (Phi) is 4.15. The third kappa shape index (κ3) is 2.57. The predicted molar refractivity (Wildman–Crippen MR) is 71.1 cm³/mol. The summed E-state index contributed by atoms with van der Waals surface area (Å²) in [4.78, 5) is 36.5. The topological polar surface area (TPSA) is 98.7 Å². The second-order valence-corrected chi connectivity index (χ2v) is 5.56. The number of carbonyl (C=O) groups is 3. The average Bonchev–Trinajstić information content (AvgIpc) is 2.85. The molecular weight excluding hydrogens is 262 g/mol. The predicted octanol–water partition coefficient (Wildman–Crippen LogP) is 0.161. The highest BCUT2D eigenvalue weighted by molar-refractivity contribution is 5.87. The summed E-state index contributed by atoms with van der Waals surface area (Å²) in [6.07, 6.45) is 3.52. The zero-order valence-electron chi connectivity index (χ0n) is 11.6. The molecular formula is C13H21N3O4. The van der Waals surface area contributed by atoms with Crippen LogP contribution in [0.2, 0.25) is 0 Å². The molecule has 20 heavy (non-hydrogen) atoms. The first-order chi connectivity index (χ1) is 9.50. The second kappa shape index (κ2) is 5.68. The third-order valence-corrected chi connectivity index (χ3v) is 4.41. The van der Waals surface area contributed by atoms with Gasteiger partial charge in [-0.25, -0.2) is 4.79 Å². The van der Waals surface area contributed by atoms with Crippen molar-refractivity contribution >= 4 is 17.9 Å². The smallest absolute Gasteiger partial charge is 0.318 e. The number of rotatable bonds is 4. The molecule has 1 unspecified atom stereocenters. The summed E-state index contributed by atoms with van der Waals surface area (Å²) in [5, 5.41) is 14.4. The molecule has 0 aromatic heterocycles. The minimum atomic E-state index is -0.853. The standard InChI is InChI=1S/C13H21N3O4/c1-14-10(17)9-4-2-7-16(9)12(20)15-8-13(11(18)19)5-3-6-13/h9H,2-8H2,1H3,(H,14,17)(H,15,20)(H,18,19). The Hall–Kier alpha value is -1.79. The Bertz CT molecular complexity index is 420. The number of carbonyl (C=O) groups excluding carboxylic acids is 2. The maximum atomic E-state index is 12.1. The van der Waals surface area contributed by atoms with E-state index in [4.69, 9.17) is 0 Å². The van der Waals surface area contributed by atoms with E-state index < -0.39 is 17.4 Å². The van der Waals surface area contributed by atoms with Crippen molar-refractivity contribution in [3.05, 3.63) is 0 Å². The van der Waals surface area contributed by atoms with Crippen LogP contribution in [0, 0.1) is 5.41 Å². The molecule has 0 aromatic rings. The lowest BCUT2D eigenvalue weighted by Crippen LogP contribution is -2.53. The summed E-state index contributed by atoms with van der Waals surface area (Å²) in [6.45, 7) is 0.669. The lowest BCUT2D eigenvalue weighted by molar-refractivity contribution is -0.153. The zero-order chi connectivity index (χ0) is 14.8. The van der Waals surface area contributed by atoms with Crippen molar-refractivity contribution < 1.29 is 19.5 Å². The van der Waals surface area contributed by atoms with E-state index in [1.54, 1.807) is 7.05 Å². The van der Waals surface area contributed by atoms with Crippen molar-refractivity contribution in [3.63, 3.8) is 0 Å². The van der Waals surface area contributed by atoms with E-state index in [2.05, 4.69) is 10.6 Å². The number of likely N-dealkylation sites (N-methyl/N-ethyl adjacent to an activating group) is 1. The van der Waals surface area contributed by atoms with E-state index in [9.17, 15) is 19.5 Å². The summed E-state index contributed by atoms with van der Waals surface area (Å²) in [5.41, 5.74) is -0.808. The van der Waals surface area contributed by atoms with Crippen LogP contribution >= 0.6 is 0 Å². The van der Waals surface area contributed by atoms with Gasteiger partial charge in [0, 0.05) is 20.1 Å². The summed E-state index contributed by atoms with van der Waals surface area (Å²) < 4.78 is 0. The van der Waals surface area contributed by atoms with Crippen LogP contribution in [0.25, 0.3) is 0 Å². The minimum Gasteiger partial charge on any atom is -0.481 e. The van der Waals surface area contributed by atoms with E-state index in [0.29, 0.717) is 25.8 Å². The van der Waals surface area contributed by atoms with Gasteiger partial charge in [-0.1, -0.05) is 6.42 Å². The SMILES string of the molecule is CNC(=O)C1CCCN1C(=O)NCC1(C(=O)O)CCC1. The number of hydrogen-bond acceptors (Lipinski definition) is 3. The maximum Gasteiger partial charge on any atom is 0.318 e. The van der Waals surface area contributed by atoms with Crippen LogP contribution in [0.3, 0.4) is 0 Å². The van der Waals surface area contributed by atoms with Gasteiger partial charge >= 0.3 is 12.0 Å². The molecule has 112 valence electrons. The molecule has 0 bridgehead atoms. The number of aliphatic carboxylic acids is 1. The van der Waals surface area contributed by atoms with Crippen LogP contribution in [0.1, 0.15) is 32.1 Å². The monoisotopic (exact) mass is 283 g/mol. The number of nitrogens with one attached hydrogen (secondary N) is 2. The molecule has 1 saturated heterocycles. The van der Waals surface area contributed by atoms with Crippen molar-refractivity contribution in [3.8, 4) is 0 Å². The maximum absolute atomic E-state index is 12.1. The molecule has 3 N–H and O–H groups in total. The van der Waals surface area contributed by atoms with Crippen LogP contribution in [0.15, 0.2) is 0 Å². The van der Waals surface area contributed by atoms with Crippen molar-refractivity contribution in [2.24, 2.45) is 5.41 Å².